The van der Waals surface area contributed by atoms with Gasteiger partial charge in [-0.25, -0.2) is 0 Å². The normalized spacial score (nSPS) is 12.2. The van der Waals surface area contributed by atoms with Gasteiger partial charge in [-0.05, 0) is 19.8 Å². The fraction of sp³-hybridized carbons (Fsp3) is 0.727. The lowest BCUT2D eigenvalue weighted by Crippen LogP contribution is -2.15. The van der Waals surface area contributed by atoms with E-state index in [0.717, 1.165) is 13.0 Å². The molecule has 0 saturated heterocycles. The zero-order chi connectivity index (χ0) is 11.0. The van der Waals surface area contributed by atoms with E-state index in [2.05, 4.69) is 13.5 Å². The Hall–Kier alpha value is -0.830. The summed E-state index contributed by atoms with van der Waals surface area (Å²) >= 11 is 0. The van der Waals surface area contributed by atoms with Crippen LogP contribution < -0.4 is 0 Å². The summed E-state index contributed by atoms with van der Waals surface area (Å²) in [7, 11) is 0. The molecule has 0 fully saturated rings. The highest BCUT2D eigenvalue weighted by molar-refractivity contribution is 5.72. The molecule has 0 aliphatic carbocycles. The van der Waals surface area contributed by atoms with E-state index in [9.17, 15) is 4.79 Å². The molecule has 0 aromatic carbocycles. The largest absolute Gasteiger partial charge is 0.432 e. The van der Waals surface area contributed by atoms with Gasteiger partial charge in [0.15, 0.2) is 0 Å². The van der Waals surface area contributed by atoms with Gasteiger partial charge in [-0.3, -0.25) is 4.79 Å². The molecule has 1 unspecified atom stereocenters. The van der Waals surface area contributed by atoms with Gasteiger partial charge >= 0.3 is 5.97 Å². The Morgan fingerprint density at radius 1 is 1.43 bits per heavy atom. The van der Waals surface area contributed by atoms with Gasteiger partial charge in [0.2, 0.25) is 0 Å². The summed E-state index contributed by atoms with van der Waals surface area (Å²) in [6.45, 7) is 10.4. The Bertz CT molecular complexity index is 187. The van der Waals surface area contributed by atoms with Crippen molar-refractivity contribution in [1.82, 2.24) is 0 Å². The second-order valence-corrected chi connectivity index (χ2v) is 3.43. The zero-order valence-corrected chi connectivity index (χ0v) is 9.34. The summed E-state index contributed by atoms with van der Waals surface area (Å²) in [5.41, 5.74) is 0. The van der Waals surface area contributed by atoms with E-state index >= 15 is 0 Å². The first-order valence-corrected chi connectivity index (χ1v) is 5.02. The summed E-state index contributed by atoms with van der Waals surface area (Å²) in [6.07, 6.45) is 1.71. The third-order valence-corrected chi connectivity index (χ3v) is 1.72. The Morgan fingerprint density at radius 3 is 2.57 bits per heavy atom. The predicted octanol–water partition coefficient (Wildman–Crippen LogP) is 2.52. The number of hydrogen-bond acceptors (Lipinski definition) is 3. The van der Waals surface area contributed by atoms with E-state index in [1.54, 1.807) is 6.92 Å². The standard InChI is InChI=1S/C11H20O3/c1-5-7-13-8-6-10(4)11(12)14-9(2)3/h10H,2,5-8H2,1,3-4H3. The molecule has 0 N–H and O–H groups in total. The molecule has 0 amide bonds. The van der Waals surface area contributed by atoms with Crippen molar-refractivity contribution in [3.8, 4) is 0 Å². The molecule has 14 heavy (non-hydrogen) atoms. The summed E-state index contributed by atoms with van der Waals surface area (Å²) in [5.74, 6) is 0.0949. The highest BCUT2D eigenvalue weighted by Crippen LogP contribution is 2.07. The third-order valence-electron chi connectivity index (χ3n) is 1.72. The fourth-order valence-electron chi connectivity index (χ4n) is 0.897. The van der Waals surface area contributed by atoms with Gasteiger partial charge in [-0.2, -0.15) is 0 Å². The summed E-state index contributed by atoms with van der Waals surface area (Å²) in [5, 5.41) is 0. The number of rotatable bonds is 7. The van der Waals surface area contributed by atoms with Crippen molar-refractivity contribution in [1.29, 1.82) is 0 Å². The number of carbonyl (C=O) groups is 1. The van der Waals surface area contributed by atoms with Crippen LogP contribution in [0, 0.1) is 5.92 Å². The molecule has 3 heteroatoms. The third kappa shape index (κ3) is 6.66. The number of esters is 1. The predicted molar refractivity (Wildman–Crippen MR) is 55.8 cm³/mol. The van der Waals surface area contributed by atoms with Crippen LogP contribution in [0.3, 0.4) is 0 Å². The van der Waals surface area contributed by atoms with Gasteiger partial charge in [0.1, 0.15) is 0 Å². The first-order valence-electron chi connectivity index (χ1n) is 5.02. The van der Waals surface area contributed by atoms with Crippen LogP contribution in [0.25, 0.3) is 0 Å². The van der Waals surface area contributed by atoms with E-state index in [0.29, 0.717) is 18.8 Å². The molecule has 3 nitrogen and oxygen atoms in total. The molecule has 1 atom stereocenters. The Kier molecular flexibility index (Phi) is 7.11. The van der Waals surface area contributed by atoms with Crippen LogP contribution in [0.15, 0.2) is 12.3 Å². The Labute approximate surface area is 86.1 Å². The Morgan fingerprint density at radius 2 is 2.07 bits per heavy atom. The molecular weight excluding hydrogens is 180 g/mol. The topological polar surface area (TPSA) is 35.5 Å². The summed E-state index contributed by atoms with van der Waals surface area (Å²) in [6, 6.07) is 0. The molecule has 82 valence electrons. The van der Waals surface area contributed by atoms with Crippen LogP contribution in [-0.2, 0) is 14.3 Å². The fourth-order valence-corrected chi connectivity index (χ4v) is 0.897. The minimum Gasteiger partial charge on any atom is -0.432 e. The van der Waals surface area contributed by atoms with Crippen molar-refractivity contribution in [2.75, 3.05) is 13.2 Å². The van der Waals surface area contributed by atoms with E-state index in [1.807, 2.05) is 6.92 Å². The molecule has 0 bridgehead atoms. The molecule has 0 aliphatic heterocycles. The van der Waals surface area contributed by atoms with Gasteiger partial charge in [0.05, 0.1) is 11.7 Å². The quantitative estimate of drug-likeness (QED) is 0.360. The highest BCUT2D eigenvalue weighted by Gasteiger charge is 2.14. The maximum absolute atomic E-state index is 11.3. The molecule has 0 saturated carbocycles. The lowest BCUT2D eigenvalue weighted by Gasteiger charge is -2.10. The molecule has 0 aromatic heterocycles. The average Bonchev–Trinajstić information content (AvgIpc) is 2.11. The van der Waals surface area contributed by atoms with Crippen molar-refractivity contribution >= 4 is 5.97 Å². The second-order valence-electron chi connectivity index (χ2n) is 3.43. The maximum atomic E-state index is 11.3. The van der Waals surface area contributed by atoms with Crippen molar-refractivity contribution in [2.45, 2.75) is 33.6 Å². The van der Waals surface area contributed by atoms with Crippen LogP contribution in [0.5, 0.6) is 0 Å². The van der Waals surface area contributed by atoms with Crippen LogP contribution in [0.4, 0.5) is 0 Å². The van der Waals surface area contributed by atoms with Gasteiger partial charge in [-0.15, -0.1) is 0 Å². The lowest BCUT2D eigenvalue weighted by atomic mass is 10.1. The minimum absolute atomic E-state index is 0.122. The lowest BCUT2D eigenvalue weighted by molar-refractivity contribution is -0.144. The van der Waals surface area contributed by atoms with Gasteiger partial charge in [-0.1, -0.05) is 20.4 Å². The molecule has 0 aromatic rings. The molecule has 0 aliphatic rings. The van der Waals surface area contributed by atoms with E-state index in [4.69, 9.17) is 9.47 Å². The zero-order valence-electron chi connectivity index (χ0n) is 9.34. The van der Waals surface area contributed by atoms with Crippen molar-refractivity contribution in [2.24, 2.45) is 5.92 Å². The summed E-state index contributed by atoms with van der Waals surface area (Å²) in [4.78, 5) is 11.3. The van der Waals surface area contributed by atoms with Crippen molar-refractivity contribution in [3.63, 3.8) is 0 Å². The number of hydrogen-bond donors (Lipinski definition) is 0. The first-order chi connectivity index (χ1) is 6.57. The van der Waals surface area contributed by atoms with Crippen LogP contribution in [0.2, 0.25) is 0 Å². The smallest absolute Gasteiger partial charge is 0.313 e. The Balaban J connectivity index is 3.57. The molecule has 0 heterocycles. The molecule has 0 spiro atoms. The minimum atomic E-state index is -0.224. The van der Waals surface area contributed by atoms with Crippen LogP contribution >= 0.6 is 0 Å². The van der Waals surface area contributed by atoms with Gasteiger partial charge < -0.3 is 9.47 Å². The number of allylic oxidation sites excluding steroid dienone is 1. The average molecular weight is 200 g/mol. The van der Waals surface area contributed by atoms with Crippen molar-refractivity contribution < 1.29 is 14.3 Å². The second kappa shape index (κ2) is 7.56. The van der Waals surface area contributed by atoms with Gasteiger partial charge in [0, 0.05) is 13.2 Å². The number of carbonyl (C=O) groups excluding carboxylic acids is 1. The molecule has 0 rings (SSSR count). The molecule has 0 radical (unpaired) electrons. The summed E-state index contributed by atoms with van der Waals surface area (Å²) < 4.78 is 10.2. The van der Waals surface area contributed by atoms with E-state index in [-0.39, 0.29) is 11.9 Å². The maximum Gasteiger partial charge on any atom is 0.313 e. The van der Waals surface area contributed by atoms with E-state index < -0.39 is 0 Å². The SMILES string of the molecule is C=C(C)OC(=O)C(C)CCOCCC. The highest BCUT2D eigenvalue weighted by atomic mass is 16.5. The van der Waals surface area contributed by atoms with Gasteiger partial charge in [0.25, 0.3) is 0 Å². The van der Waals surface area contributed by atoms with Crippen LogP contribution in [0.1, 0.15) is 33.6 Å². The molecular formula is C11H20O3. The van der Waals surface area contributed by atoms with Crippen LogP contribution in [-0.4, -0.2) is 19.2 Å². The van der Waals surface area contributed by atoms with E-state index in [1.165, 1.54) is 0 Å². The first kappa shape index (κ1) is 13.2. The number of ether oxygens (including phenoxy) is 2. The van der Waals surface area contributed by atoms with Crippen molar-refractivity contribution in [3.05, 3.63) is 12.3 Å². The monoisotopic (exact) mass is 200 g/mol.